The summed E-state index contributed by atoms with van der Waals surface area (Å²) in [6.07, 6.45) is 0.986. The highest BCUT2D eigenvalue weighted by atomic mass is 19.4. The summed E-state index contributed by atoms with van der Waals surface area (Å²) < 4.78 is 44.5. The summed E-state index contributed by atoms with van der Waals surface area (Å²) in [5.41, 5.74) is 1.14. The molecule has 0 atom stereocenters. The SMILES string of the molecule is Cc1c(-c2ccnn2-c2ccc(C#N)cc2CCN(C)C)n(C(=O)NC2CCCC2)c(=O)n1-c1cccc(C(F)(F)F)c1. The molecule has 1 amide bonds. The average Bonchev–Trinajstić information content (AvgIpc) is 3.71. The van der Waals surface area contributed by atoms with Crippen LogP contribution in [-0.4, -0.2) is 56.5 Å². The molecule has 1 aliphatic carbocycles. The standard InChI is InChI=1S/C31H32F3N7O2/c1-20-28(27-13-15-36-41(27)26-12-11-21(19-35)17-22(26)14-16-38(2)3)40(29(42)37-24-8-4-5-9-24)30(43)39(20)25-10-6-7-23(18-25)31(32,33)34/h6-7,10-13,15,17-18,24H,4-5,8-9,14,16H2,1-3H3,(H,37,42). The fourth-order valence-electron chi connectivity index (χ4n) is 5.61. The molecule has 0 bridgehead atoms. The zero-order valence-electron chi connectivity index (χ0n) is 24.1. The van der Waals surface area contributed by atoms with Gasteiger partial charge in [0.1, 0.15) is 5.69 Å². The number of benzene rings is 2. The Bertz CT molecular complexity index is 1750. The van der Waals surface area contributed by atoms with Gasteiger partial charge in [0, 0.05) is 12.6 Å². The third-order valence-corrected chi connectivity index (χ3v) is 7.75. The second-order valence-electron chi connectivity index (χ2n) is 11.0. The zero-order valence-corrected chi connectivity index (χ0v) is 24.1. The van der Waals surface area contributed by atoms with E-state index in [2.05, 4.69) is 16.5 Å². The molecule has 43 heavy (non-hydrogen) atoms. The summed E-state index contributed by atoms with van der Waals surface area (Å²) in [5.74, 6) is 0. The number of hydrogen-bond acceptors (Lipinski definition) is 5. The minimum Gasteiger partial charge on any atom is -0.335 e. The van der Waals surface area contributed by atoms with Gasteiger partial charge >= 0.3 is 17.9 Å². The van der Waals surface area contributed by atoms with Gasteiger partial charge in [-0.15, -0.1) is 0 Å². The van der Waals surface area contributed by atoms with Crippen molar-refractivity contribution >= 4 is 6.03 Å². The molecule has 12 heteroatoms. The smallest absolute Gasteiger partial charge is 0.335 e. The molecular weight excluding hydrogens is 559 g/mol. The van der Waals surface area contributed by atoms with Crippen molar-refractivity contribution in [2.75, 3.05) is 20.6 Å². The van der Waals surface area contributed by atoms with Crippen LogP contribution in [0, 0.1) is 18.3 Å². The quantitative estimate of drug-likeness (QED) is 0.315. The molecule has 0 radical (unpaired) electrons. The molecule has 1 aliphatic rings. The van der Waals surface area contributed by atoms with Gasteiger partial charge in [-0.25, -0.2) is 18.8 Å². The van der Waals surface area contributed by atoms with Crippen LogP contribution in [0.1, 0.15) is 48.1 Å². The lowest BCUT2D eigenvalue weighted by atomic mass is 10.1. The molecule has 1 saturated carbocycles. The van der Waals surface area contributed by atoms with E-state index in [-0.39, 0.29) is 23.1 Å². The average molecular weight is 592 g/mol. The highest BCUT2D eigenvalue weighted by Gasteiger charge is 2.32. The van der Waals surface area contributed by atoms with E-state index in [4.69, 9.17) is 0 Å². The number of halogens is 3. The Kier molecular flexibility index (Phi) is 8.28. The fourth-order valence-corrected chi connectivity index (χ4v) is 5.61. The van der Waals surface area contributed by atoms with E-state index in [9.17, 15) is 28.0 Å². The van der Waals surface area contributed by atoms with Crippen LogP contribution < -0.4 is 11.0 Å². The molecule has 0 saturated heterocycles. The Hall–Kier alpha value is -4.63. The number of nitrogens with one attached hydrogen (secondary N) is 1. The van der Waals surface area contributed by atoms with Gasteiger partial charge in [-0.05, 0) is 88.3 Å². The minimum absolute atomic E-state index is 0.0119. The highest BCUT2D eigenvalue weighted by molar-refractivity contribution is 5.83. The number of hydrogen-bond donors (Lipinski definition) is 1. The number of carbonyl (C=O) groups is 1. The van der Waals surface area contributed by atoms with Gasteiger partial charge in [0.05, 0.1) is 46.2 Å². The van der Waals surface area contributed by atoms with Gasteiger partial charge in [-0.3, -0.25) is 4.57 Å². The number of likely N-dealkylation sites (N-methyl/N-ethyl adjacent to an activating group) is 1. The zero-order chi connectivity index (χ0) is 30.9. The number of alkyl halides is 3. The van der Waals surface area contributed by atoms with E-state index in [1.807, 2.05) is 19.0 Å². The first-order chi connectivity index (χ1) is 20.5. The predicted octanol–water partition coefficient (Wildman–Crippen LogP) is 5.30. The van der Waals surface area contributed by atoms with Crippen LogP contribution in [-0.2, 0) is 12.6 Å². The summed E-state index contributed by atoms with van der Waals surface area (Å²) in [6.45, 7) is 2.29. The first-order valence-corrected chi connectivity index (χ1v) is 14.0. The monoisotopic (exact) mass is 591 g/mol. The largest absolute Gasteiger partial charge is 0.416 e. The van der Waals surface area contributed by atoms with Crippen LogP contribution in [0.15, 0.2) is 59.5 Å². The first-order valence-electron chi connectivity index (χ1n) is 14.0. The Balaban J connectivity index is 1.72. The number of nitrogens with zero attached hydrogens (tertiary/aromatic N) is 6. The molecule has 1 fully saturated rings. The number of carbonyl (C=O) groups excluding carboxylic acids is 1. The number of amides is 1. The molecule has 2 aromatic carbocycles. The Morgan fingerprint density at radius 1 is 1.14 bits per heavy atom. The van der Waals surface area contributed by atoms with Crippen LogP contribution in [0.2, 0.25) is 0 Å². The van der Waals surface area contributed by atoms with Crippen molar-refractivity contribution in [3.63, 3.8) is 0 Å². The molecule has 2 aromatic heterocycles. The van der Waals surface area contributed by atoms with Crippen LogP contribution in [0.4, 0.5) is 18.0 Å². The van der Waals surface area contributed by atoms with Crippen LogP contribution in [0.5, 0.6) is 0 Å². The van der Waals surface area contributed by atoms with E-state index in [0.29, 0.717) is 29.9 Å². The Morgan fingerprint density at radius 2 is 1.88 bits per heavy atom. The van der Waals surface area contributed by atoms with Gasteiger partial charge in [0.2, 0.25) is 0 Å². The van der Waals surface area contributed by atoms with Crippen LogP contribution >= 0.6 is 0 Å². The number of aromatic nitrogens is 4. The topological polar surface area (TPSA) is 101 Å². The van der Waals surface area contributed by atoms with Crippen molar-refractivity contribution < 1.29 is 18.0 Å². The third-order valence-electron chi connectivity index (χ3n) is 7.75. The van der Waals surface area contributed by atoms with E-state index < -0.39 is 23.5 Å². The molecule has 0 spiro atoms. The van der Waals surface area contributed by atoms with E-state index >= 15 is 0 Å². The van der Waals surface area contributed by atoms with Crippen molar-refractivity contribution in [3.8, 4) is 28.8 Å². The number of rotatable bonds is 7. The van der Waals surface area contributed by atoms with Crippen LogP contribution in [0.25, 0.3) is 22.8 Å². The Labute approximate surface area is 246 Å². The summed E-state index contributed by atoms with van der Waals surface area (Å²) in [4.78, 5) is 29.7. The van der Waals surface area contributed by atoms with E-state index in [0.717, 1.165) is 52.5 Å². The summed E-state index contributed by atoms with van der Waals surface area (Å²) in [6, 6.07) is 12.7. The second-order valence-corrected chi connectivity index (χ2v) is 11.0. The predicted molar refractivity (Wildman–Crippen MR) is 155 cm³/mol. The van der Waals surface area contributed by atoms with Gasteiger partial charge in [-0.1, -0.05) is 18.9 Å². The number of nitriles is 1. The van der Waals surface area contributed by atoms with Crippen molar-refractivity contribution in [1.82, 2.24) is 29.1 Å². The van der Waals surface area contributed by atoms with Gasteiger partial charge < -0.3 is 10.2 Å². The molecule has 4 aromatic rings. The lowest BCUT2D eigenvalue weighted by molar-refractivity contribution is -0.137. The molecule has 2 heterocycles. The van der Waals surface area contributed by atoms with Crippen LogP contribution in [0.3, 0.4) is 0 Å². The maximum absolute atomic E-state index is 14.0. The van der Waals surface area contributed by atoms with Crippen molar-refractivity contribution in [2.45, 2.75) is 51.2 Å². The molecule has 0 unspecified atom stereocenters. The lowest BCUT2D eigenvalue weighted by Crippen LogP contribution is -2.41. The van der Waals surface area contributed by atoms with Crippen molar-refractivity contribution in [2.24, 2.45) is 0 Å². The van der Waals surface area contributed by atoms with Gasteiger partial charge in [-0.2, -0.15) is 23.5 Å². The normalized spacial score (nSPS) is 13.9. The molecule has 224 valence electrons. The molecular formula is C31H32F3N7O2. The third kappa shape index (κ3) is 5.99. The number of imidazole rings is 1. The Morgan fingerprint density at radius 3 is 2.56 bits per heavy atom. The summed E-state index contributed by atoms with van der Waals surface area (Å²) in [7, 11) is 3.88. The highest BCUT2D eigenvalue weighted by Crippen LogP contribution is 2.32. The van der Waals surface area contributed by atoms with Gasteiger partial charge in [0.25, 0.3) is 0 Å². The minimum atomic E-state index is -4.62. The van der Waals surface area contributed by atoms with Gasteiger partial charge in [0.15, 0.2) is 0 Å². The first kappa shape index (κ1) is 29.8. The maximum Gasteiger partial charge on any atom is 0.416 e. The maximum atomic E-state index is 14.0. The van der Waals surface area contributed by atoms with E-state index in [1.54, 1.807) is 35.9 Å². The second kappa shape index (κ2) is 11.9. The summed E-state index contributed by atoms with van der Waals surface area (Å²) in [5, 5.41) is 17.0. The van der Waals surface area contributed by atoms with Crippen molar-refractivity contribution in [3.05, 3.63) is 87.6 Å². The summed E-state index contributed by atoms with van der Waals surface area (Å²) >= 11 is 0. The fraction of sp³-hybridized carbons (Fsp3) is 0.355. The van der Waals surface area contributed by atoms with E-state index in [1.165, 1.54) is 18.3 Å². The molecule has 1 N–H and O–H groups in total. The molecule has 9 nitrogen and oxygen atoms in total. The lowest BCUT2D eigenvalue weighted by Gasteiger charge is -2.17. The van der Waals surface area contributed by atoms with Crippen molar-refractivity contribution in [1.29, 1.82) is 5.26 Å². The molecule has 0 aliphatic heterocycles. The molecule has 5 rings (SSSR count).